The number of rotatable bonds is 16. The minimum Gasteiger partial charge on any atom is -0.462 e. The fraction of sp³-hybridized carbons (Fsp3) is 0.842. The smallest absolute Gasteiger partial charge is 0.333 e. The van der Waals surface area contributed by atoms with Crippen molar-refractivity contribution in [3.63, 3.8) is 0 Å². The topological polar surface area (TPSA) is 35.5 Å². The molecule has 0 aliphatic carbocycles. The van der Waals surface area contributed by atoms with Crippen molar-refractivity contribution < 1.29 is 14.3 Å². The summed E-state index contributed by atoms with van der Waals surface area (Å²) in [6.07, 6.45) is 14.0. The Balaban J connectivity index is 3.05. The molecule has 0 heterocycles. The molecular formula is C19H36O3. The van der Waals surface area contributed by atoms with Crippen molar-refractivity contribution in [3.05, 3.63) is 12.2 Å². The second kappa shape index (κ2) is 16.5. The minimum absolute atomic E-state index is 0.263. The lowest BCUT2D eigenvalue weighted by atomic mass is 10.1. The molecule has 0 aliphatic heterocycles. The molecule has 0 saturated carbocycles. The molecule has 0 aromatic heterocycles. The third kappa shape index (κ3) is 15.6. The van der Waals surface area contributed by atoms with E-state index in [2.05, 4.69) is 13.5 Å². The minimum atomic E-state index is -0.263. The van der Waals surface area contributed by atoms with E-state index < -0.39 is 0 Å². The number of carbonyl (C=O) groups is 1. The summed E-state index contributed by atoms with van der Waals surface area (Å²) in [6.45, 7) is 9.60. The maximum absolute atomic E-state index is 11.1. The first-order valence-corrected chi connectivity index (χ1v) is 9.08. The van der Waals surface area contributed by atoms with Gasteiger partial charge in [-0.15, -0.1) is 0 Å². The molecule has 130 valence electrons. The summed E-state index contributed by atoms with van der Waals surface area (Å²) >= 11 is 0. The van der Waals surface area contributed by atoms with Gasteiger partial charge in [-0.3, -0.25) is 0 Å². The fourth-order valence-corrected chi connectivity index (χ4v) is 2.33. The van der Waals surface area contributed by atoms with Gasteiger partial charge in [0.2, 0.25) is 0 Å². The van der Waals surface area contributed by atoms with Crippen molar-refractivity contribution in [2.75, 3.05) is 19.8 Å². The number of hydrogen-bond acceptors (Lipinski definition) is 3. The maximum Gasteiger partial charge on any atom is 0.333 e. The third-order valence-corrected chi connectivity index (χ3v) is 3.72. The third-order valence-electron chi connectivity index (χ3n) is 3.72. The van der Waals surface area contributed by atoms with E-state index in [1.807, 2.05) is 0 Å². The molecule has 3 heteroatoms. The van der Waals surface area contributed by atoms with Crippen molar-refractivity contribution in [1.82, 2.24) is 0 Å². The molecule has 0 rings (SSSR count). The highest BCUT2D eigenvalue weighted by atomic mass is 16.5. The van der Waals surface area contributed by atoms with Gasteiger partial charge in [-0.05, 0) is 26.7 Å². The second-order valence-corrected chi connectivity index (χ2v) is 6.00. The zero-order valence-electron chi connectivity index (χ0n) is 14.8. The summed E-state index contributed by atoms with van der Waals surface area (Å²) in [5.41, 5.74) is 0.484. The molecule has 0 aromatic carbocycles. The molecule has 0 aliphatic rings. The molecule has 0 radical (unpaired) electrons. The van der Waals surface area contributed by atoms with Gasteiger partial charge in [0.05, 0.1) is 6.61 Å². The van der Waals surface area contributed by atoms with Crippen LogP contribution < -0.4 is 0 Å². The van der Waals surface area contributed by atoms with Gasteiger partial charge in [0.25, 0.3) is 0 Å². The summed E-state index contributed by atoms with van der Waals surface area (Å²) in [4.78, 5) is 11.1. The molecule has 0 saturated heterocycles. The first-order chi connectivity index (χ1) is 10.7. The van der Waals surface area contributed by atoms with Gasteiger partial charge in [-0.1, -0.05) is 64.4 Å². The van der Waals surface area contributed by atoms with Crippen LogP contribution >= 0.6 is 0 Å². The van der Waals surface area contributed by atoms with E-state index in [4.69, 9.17) is 9.47 Å². The highest BCUT2D eigenvalue weighted by Gasteiger charge is 2.01. The molecule has 0 spiro atoms. The van der Waals surface area contributed by atoms with Crippen LogP contribution in [0.25, 0.3) is 0 Å². The van der Waals surface area contributed by atoms with Gasteiger partial charge in [0.1, 0.15) is 0 Å². The van der Waals surface area contributed by atoms with Crippen LogP contribution in [0.15, 0.2) is 12.2 Å². The maximum atomic E-state index is 11.1. The Kier molecular flexibility index (Phi) is 15.9. The van der Waals surface area contributed by atoms with Crippen LogP contribution in [0.1, 0.15) is 84.5 Å². The van der Waals surface area contributed by atoms with Crippen LogP contribution in [0.3, 0.4) is 0 Å². The number of esters is 1. The standard InChI is InChI=1S/C19H36O3/c1-4-21-16-14-12-10-8-6-5-7-9-11-13-15-17-22-19(20)18(2)3/h2,4-17H2,1,3H3. The lowest BCUT2D eigenvalue weighted by Gasteiger charge is -2.05. The highest BCUT2D eigenvalue weighted by Crippen LogP contribution is 2.11. The molecule has 0 N–H and O–H groups in total. The average molecular weight is 312 g/mol. The Labute approximate surface area is 137 Å². The Morgan fingerprint density at radius 1 is 0.773 bits per heavy atom. The molecule has 0 amide bonds. The lowest BCUT2D eigenvalue weighted by molar-refractivity contribution is -0.139. The monoisotopic (exact) mass is 312 g/mol. The number of hydrogen-bond donors (Lipinski definition) is 0. The summed E-state index contributed by atoms with van der Waals surface area (Å²) in [6, 6.07) is 0. The largest absolute Gasteiger partial charge is 0.462 e. The second-order valence-electron chi connectivity index (χ2n) is 6.00. The summed E-state index contributed by atoms with van der Waals surface area (Å²) < 4.78 is 10.4. The number of carbonyl (C=O) groups excluding carboxylic acids is 1. The quantitative estimate of drug-likeness (QED) is 0.216. The Morgan fingerprint density at radius 3 is 1.59 bits per heavy atom. The van der Waals surface area contributed by atoms with Crippen molar-refractivity contribution >= 4 is 5.97 Å². The Bertz CT molecular complexity index is 274. The van der Waals surface area contributed by atoms with Crippen LogP contribution in [0, 0.1) is 0 Å². The molecule has 0 fully saturated rings. The molecule has 3 nitrogen and oxygen atoms in total. The first kappa shape index (κ1) is 21.2. The summed E-state index contributed by atoms with van der Waals surface area (Å²) in [7, 11) is 0. The number of unbranched alkanes of at least 4 members (excludes halogenated alkanes) is 10. The van der Waals surface area contributed by atoms with Crippen LogP contribution in [0.5, 0.6) is 0 Å². The predicted molar refractivity (Wildman–Crippen MR) is 93.1 cm³/mol. The Hall–Kier alpha value is -0.830. The zero-order valence-corrected chi connectivity index (χ0v) is 14.8. The van der Waals surface area contributed by atoms with Crippen molar-refractivity contribution in [3.8, 4) is 0 Å². The summed E-state index contributed by atoms with van der Waals surface area (Å²) in [5.74, 6) is -0.263. The molecule has 22 heavy (non-hydrogen) atoms. The first-order valence-electron chi connectivity index (χ1n) is 9.08. The normalized spacial score (nSPS) is 10.6. The molecular weight excluding hydrogens is 276 g/mol. The van der Waals surface area contributed by atoms with Gasteiger partial charge in [-0.2, -0.15) is 0 Å². The van der Waals surface area contributed by atoms with E-state index in [0.717, 1.165) is 26.1 Å². The van der Waals surface area contributed by atoms with E-state index >= 15 is 0 Å². The van der Waals surface area contributed by atoms with E-state index in [9.17, 15) is 4.79 Å². The van der Waals surface area contributed by atoms with E-state index in [-0.39, 0.29) is 5.97 Å². The van der Waals surface area contributed by atoms with Crippen molar-refractivity contribution in [2.24, 2.45) is 0 Å². The molecule has 0 atom stereocenters. The SMILES string of the molecule is C=C(C)C(=O)OCCCCCCCCCCCCCOCC. The van der Waals surface area contributed by atoms with Crippen molar-refractivity contribution in [1.29, 1.82) is 0 Å². The zero-order chi connectivity index (χ0) is 16.5. The number of ether oxygens (including phenoxy) is 2. The van der Waals surface area contributed by atoms with Crippen LogP contribution in [0.4, 0.5) is 0 Å². The van der Waals surface area contributed by atoms with Gasteiger partial charge < -0.3 is 9.47 Å². The van der Waals surface area contributed by atoms with Crippen LogP contribution in [0.2, 0.25) is 0 Å². The van der Waals surface area contributed by atoms with Gasteiger partial charge in [-0.25, -0.2) is 4.79 Å². The van der Waals surface area contributed by atoms with E-state index in [1.54, 1.807) is 6.92 Å². The predicted octanol–water partition coefficient (Wildman–Crippen LogP) is 5.43. The van der Waals surface area contributed by atoms with Crippen molar-refractivity contribution in [2.45, 2.75) is 84.5 Å². The highest BCUT2D eigenvalue weighted by molar-refractivity contribution is 5.86. The van der Waals surface area contributed by atoms with Gasteiger partial charge in [0, 0.05) is 18.8 Å². The fourth-order valence-electron chi connectivity index (χ4n) is 2.33. The Morgan fingerprint density at radius 2 is 1.18 bits per heavy atom. The molecule has 0 unspecified atom stereocenters. The van der Waals surface area contributed by atoms with E-state index in [0.29, 0.717) is 12.2 Å². The summed E-state index contributed by atoms with van der Waals surface area (Å²) in [5, 5.41) is 0. The van der Waals surface area contributed by atoms with Gasteiger partial charge >= 0.3 is 5.97 Å². The lowest BCUT2D eigenvalue weighted by Crippen LogP contribution is -2.05. The molecule has 0 bridgehead atoms. The molecule has 0 aromatic rings. The van der Waals surface area contributed by atoms with Crippen LogP contribution in [-0.2, 0) is 14.3 Å². The average Bonchev–Trinajstić information content (AvgIpc) is 2.50. The van der Waals surface area contributed by atoms with Gasteiger partial charge in [0.15, 0.2) is 0 Å². The van der Waals surface area contributed by atoms with Crippen LogP contribution in [-0.4, -0.2) is 25.8 Å². The van der Waals surface area contributed by atoms with E-state index in [1.165, 1.54) is 57.8 Å².